The molecular weight excluding hydrogens is 194 g/mol. The highest BCUT2D eigenvalue weighted by Gasteiger charge is 2.04. The smallest absolute Gasteiger partial charge is 0.0270 e. The Labute approximate surface area is 101 Å². The van der Waals surface area contributed by atoms with Crippen LogP contribution in [0.5, 0.6) is 0 Å². The summed E-state index contributed by atoms with van der Waals surface area (Å²) in [4.78, 5) is 3.97. The predicted molar refractivity (Wildman–Crippen MR) is 74.9 cm³/mol. The van der Waals surface area contributed by atoms with Gasteiger partial charge in [0.2, 0.25) is 0 Å². The molecule has 0 spiro atoms. The van der Waals surface area contributed by atoms with Crippen molar-refractivity contribution in [2.75, 3.05) is 0 Å². The molecule has 0 amide bonds. The highest BCUT2D eigenvalue weighted by Crippen LogP contribution is 2.18. The molecule has 90 valence electrons. The van der Waals surface area contributed by atoms with E-state index in [-0.39, 0.29) is 0 Å². The van der Waals surface area contributed by atoms with Crippen molar-refractivity contribution in [3.05, 3.63) is 37.1 Å². The summed E-state index contributed by atoms with van der Waals surface area (Å²) in [7, 11) is 0. The van der Waals surface area contributed by atoms with Gasteiger partial charge in [0.1, 0.15) is 0 Å². The van der Waals surface area contributed by atoms with E-state index in [1.165, 1.54) is 37.7 Å². The minimum Gasteiger partial charge on any atom is -0.265 e. The third kappa shape index (κ3) is 7.22. The largest absolute Gasteiger partial charge is 0.265 e. The molecular formula is C15H25N. The quantitative estimate of drug-likeness (QED) is 0.296. The summed E-state index contributed by atoms with van der Waals surface area (Å²) >= 11 is 0. The lowest BCUT2D eigenvalue weighted by Crippen LogP contribution is -1.97. The zero-order chi connectivity index (χ0) is 12.2. The number of nitrogens with zero attached hydrogens (tertiary/aromatic N) is 1. The van der Waals surface area contributed by atoms with Gasteiger partial charge in [-0.05, 0) is 24.0 Å². The van der Waals surface area contributed by atoms with Crippen LogP contribution in [0.15, 0.2) is 42.1 Å². The third-order valence-corrected chi connectivity index (χ3v) is 2.75. The first-order chi connectivity index (χ1) is 7.76. The fourth-order valence-electron chi connectivity index (χ4n) is 1.67. The van der Waals surface area contributed by atoms with Gasteiger partial charge in [0.05, 0.1) is 0 Å². The Bertz CT molecular complexity index is 248. The van der Waals surface area contributed by atoms with Crippen LogP contribution in [0, 0.1) is 5.92 Å². The second-order valence-electron chi connectivity index (χ2n) is 4.10. The van der Waals surface area contributed by atoms with Gasteiger partial charge >= 0.3 is 0 Å². The zero-order valence-corrected chi connectivity index (χ0v) is 10.8. The fraction of sp³-hybridized carbons (Fsp3) is 0.533. The molecule has 1 atom stereocenters. The van der Waals surface area contributed by atoms with E-state index in [0.29, 0.717) is 5.92 Å². The molecule has 0 saturated heterocycles. The van der Waals surface area contributed by atoms with E-state index in [4.69, 9.17) is 0 Å². The van der Waals surface area contributed by atoms with Gasteiger partial charge < -0.3 is 0 Å². The Balaban J connectivity index is 4.04. The molecule has 0 aromatic carbocycles. The second kappa shape index (κ2) is 10.4. The Kier molecular flexibility index (Phi) is 9.69. The monoisotopic (exact) mass is 219 g/mol. The van der Waals surface area contributed by atoms with Gasteiger partial charge in [-0.15, -0.1) is 0 Å². The molecule has 16 heavy (non-hydrogen) atoms. The van der Waals surface area contributed by atoms with Gasteiger partial charge in [0.25, 0.3) is 0 Å². The first-order valence-corrected chi connectivity index (χ1v) is 6.22. The summed E-state index contributed by atoms with van der Waals surface area (Å²) < 4.78 is 0. The van der Waals surface area contributed by atoms with Crippen molar-refractivity contribution in [2.45, 2.75) is 46.0 Å². The molecule has 0 N–H and O–H groups in total. The first-order valence-electron chi connectivity index (χ1n) is 6.22. The molecule has 0 aliphatic carbocycles. The van der Waals surface area contributed by atoms with Crippen LogP contribution >= 0.6 is 0 Å². The molecule has 0 bridgehead atoms. The van der Waals surface area contributed by atoms with Crippen molar-refractivity contribution < 1.29 is 0 Å². The summed E-state index contributed by atoms with van der Waals surface area (Å²) in [6.45, 7) is 11.9. The molecule has 1 nitrogen and oxygen atoms in total. The summed E-state index contributed by atoms with van der Waals surface area (Å²) in [6, 6.07) is 0. The number of hydrogen-bond acceptors (Lipinski definition) is 1. The van der Waals surface area contributed by atoms with Gasteiger partial charge in [-0.2, -0.15) is 0 Å². The van der Waals surface area contributed by atoms with Crippen molar-refractivity contribution in [2.24, 2.45) is 10.9 Å². The fourth-order valence-corrected chi connectivity index (χ4v) is 1.67. The SMILES string of the molecule is C=C/N=C\C=C(/C=C)C(C)CCCCCC. The van der Waals surface area contributed by atoms with Crippen LogP contribution in [0.1, 0.15) is 46.0 Å². The van der Waals surface area contributed by atoms with Crippen molar-refractivity contribution in [3.8, 4) is 0 Å². The Morgan fingerprint density at radius 2 is 2.00 bits per heavy atom. The van der Waals surface area contributed by atoms with E-state index in [1.54, 1.807) is 12.4 Å². The normalized spacial score (nSPS) is 14.0. The molecule has 0 radical (unpaired) electrons. The highest BCUT2D eigenvalue weighted by molar-refractivity contribution is 5.73. The molecule has 1 heteroatoms. The second-order valence-corrected chi connectivity index (χ2v) is 4.10. The van der Waals surface area contributed by atoms with E-state index in [9.17, 15) is 0 Å². The summed E-state index contributed by atoms with van der Waals surface area (Å²) in [6.07, 6.45) is 13.8. The molecule has 0 rings (SSSR count). The standard InChI is InChI=1S/C15H25N/c1-5-8-9-10-11-14(4)15(6-2)12-13-16-7-3/h6-7,12-14H,2-3,5,8-11H2,1,4H3/b15-12+,16-13-. The molecule has 0 saturated carbocycles. The van der Waals surface area contributed by atoms with Gasteiger partial charge in [0.15, 0.2) is 0 Å². The van der Waals surface area contributed by atoms with Crippen LogP contribution in [0.3, 0.4) is 0 Å². The Morgan fingerprint density at radius 1 is 1.25 bits per heavy atom. The van der Waals surface area contributed by atoms with Crippen molar-refractivity contribution in [1.82, 2.24) is 0 Å². The predicted octanol–water partition coefficient (Wildman–Crippen LogP) is 4.92. The van der Waals surface area contributed by atoms with Crippen molar-refractivity contribution >= 4 is 6.21 Å². The minimum absolute atomic E-state index is 0.575. The van der Waals surface area contributed by atoms with E-state index in [2.05, 4.69) is 32.0 Å². The number of aliphatic imine (C=N–C) groups is 1. The molecule has 0 aliphatic rings. The van der Waals surface area contributed by atoms with Gasteiger partial charge in [-0.3, -0.25) is 4.99 Å². The maximum absolute atomic E-state index is 3.97. The first kappa shape index (κ1) is 14.9. The topological polar surface area (TPSA) is 12.4 Å². The minimum atomic E-state index is 0.575. The average molecular weight is 219 g/mol. The van der Waals surface area contributed by atoms with Gasteiger partial charge in [-0.25, -0.2) is 0 Å². The van der Waals surface area contributed by atoms with Crippen molar-refractivity contribution in [1.29, 1.82) is 0 Å². The van der Waals surface area contributed by atoms with Crippen LogP contribution in [0.4, 0.5) is 0 Å². The van der Waals surface area contributed by atoms with Crippen LogP contribution in [0.25, 0.3) is 0 Å². The van der Waals surface area contributed by atoms with Gasteiger partial charge in [-0.1, -0.05) is 58.8 Å². The van der Waals surface area contributed by atoms with Gasteiger partial charge in [0, 0.05) is 12.4 Å². The number of hydrogen-bond donors (Lipinski definition) is 0. The molecule has 1 unspecified atom stereocenters. The highest BCUT2D eigenvalue weighted by atomic mass is 14.6. The van der Waals surface area contributed by atoms with E-state index < -0.39 is 0 Å². The summed E-state index contributed by atoms with van der Waals surface area (Å²) in [5, 5.41) is 0. The van der Waals surface area contributed by atoms with E-state index in [1.807, 2.05) is 12.2 Å². The Morgan fingerprint density at radius 3 is 2.56 bits per heavy atom. The summed E-state index contributed by atoms with van der Waals surface area (Å²) in [5.41, 5.74) is 1.27. The lowest BCUT2D eigenvalue weighted by atomic mass is 9.94. The number of rotatable bonds is 9. The molecule has 0 aromatic heterocycles. The van der Waals surface area contributed by atoms with Crippen LogP contribution in [0.2, 0.25) is 0 Å². The third-order valence-electron chi connectivity index (χ3n) is 2.75. The average Bonchev–Trinajstić information content (AvgIpc) is 2.30. The lowest BCUT2D eigenvalue weighted by molar-refractivity contribution is 0.549. The van der Waals surface area contributed by atoms with E-state index >= 15 is 0 Å². The van der Waals surface area contributed by atoms with E-state index in [0.717, 1.165) is 0 Å². The molecule has 0 fully saturated rings. The zero-order valence-electron chi connectivity index (χ0n) is 10.8. The van der Waals surface area contributed by atoms with Crippen LogP contribution < -0.4 is 0 Å². The molecule has 0 heterocycles. The van der Waals surface area contributed by atoms with Crippen LogP contribution in [-0.4, -0.2) is 6.21 Å². The lowest BCUT2D eigenvalue weighted by Gasteiger charge is -2.11. The summed E-state index contributed by atoms with van der Waals surface area (Å²) in [5.74, 6) is 0.575. The maximum atomic E-state index is 3.97. The number of allylic oxidation sites excluding steroid dienone is 3. The molecule has 0 aromatic rings. The molecule has 0 aliphatic heterocycles. The maximum Gasteiger partial charge on any atom is 0.0270 e. The van der Waals surface area contributed by atoms with Crippen LogP contribution in [-0.2, 0) is 0 Å². The number of unbranched alkanes of at least 4 members (excludes halogenated alkanes) is 3. The Hall–Kier alpha value is -1.11. The van der Waals surface area contributed by atoms with Crippen molar-refractivity contribution in [3.63, 3.8) is 0 Å².